The molecule has 1 aliphatic rings. The standard InChI is InChI=1S/C20H31N3O4/c1-15-3-4-16(2)18(13-15)21-19(26)14-23(17-5-6-17)8-7-20(27)22(9-11-24)10-12-25/h3-4,13,17,24-25H,5-12,14H2,1-2H3,(H,21,26). The van der Waals surface area contributed by atoms with Crippen molar-refractivity contribution in [2.75, 3.05) is 44.7 Å². The van der Waals surface area contributed by atoms with Gasteiger partial charge in [-0.2, -0.15) is 0 Å². The van der Waals surface area contributed by atoms with Crippen molar-refractivity contribution in [2.45, 2.75) is 39.2 Å². The Hall–Kier alpha value is -1.96. The maximum Gasteiger partial charge on any atom is 0.238 e. The van der Waals surface area contributed by atoms with E-state index in [1.807, 2.05) is 32.0 Å². The van der Waals surface area contributed by atoms with E-state index in [0.29, 0.717) is 12.6 Å². The smallest absolute Gasteiger partial charge is 0.238 e. The lowest BCUT2D eigenvalue weighted by atomic mass is 10.1. The number of nitrogens with one attached hydrogen (secondary N) is 1. The predicted molar refractivity (Wildman–Crippen MR) is 105 cm³/mol. The Morgan fingerprint density at radius 2 is 1.78 bits per heavy atom. The lowest BCUT2D eigenvalue weighted by Gasteiger charge is -2.25. The molecule has 0 saturated heterocycles. The van der Waals surface area contributed by atoms with Gasteiger partial charge in [-0.15, -0.1) is 0 Å². The summed E-state index contributed by atoms with van der Waals surface area (Å²) in [6, 6.07) is 6.31. The second kappa shape index (κ2) is 10.4. The fourth-order valence-electron chi connectivity index (χ4n) is 3.08. The first-order valence-corrected chi connectivity index (χ1v) is 9.55. The van der Waals surface area contributed by atoms with Crippen molar-refractivity contribution in [3.05, 3.63) is 29.3 Å². The van der Waals surface area contributed by atoms with E-state index >= 15 is 0 Å². The Morgan fingerprint density at radius 3 is 2.37 bits per heavy atom. The van der Waals surface area contributed by atoms with Gasteiger partial charge >= 0.3 is 0 Å². The second-order valence-electron chi connectivity index (χ2n) is 7.15. The number of benzene rings is 1. The SMILES string of the molecule is Cc1ccc(C)c(NC(=O)CN(CCC(=O)N(CCO)CCO)C2CC2)c1. The van der Waals surface area contributed by atoms with Crippen molar-refractivity contribution >= 4 is 17.5 Å². The highest BCUT2D eigenvalue weighted by molar-refractivity contribution is 5.93. The zero-order valence-electron chi connectivity index (χ0n) is 16.3. The van der Waals surface area contributed by atoms with Gasteiger partial charge in [0.2, 0.25) is 11.8 Å². The lowest BCUT2D eigenvalue weighted by Crippen LogP contribution is -2.40. The quantitative estimate of drug-likeness (QED) is 0.533. The molecule has 0 radical (unpaired) electrons. The summed E-state index contributed by atoms with van der Waals surface area (Å²) in [5.41, 5.74) is 2.93. The fourth-order valence-corrected chi connectivity index (χ4v) is 3.08. The molecule has 0 atom stereocenters. The Balaban J connectivity index is 1.88. The fraction of sp³-hybridized carbons (Fsp3) is 0.600. The third-order valence-electron chi connectivity index (χ3n) is 4.78. The zero-order chi connectivity index (χ0) is 19.8. The molecule has 3 N–H and O–H groups in total. The highest BCUT2D eigenvalue weighted by atomic mass is 16.3. The van der Waals surface area contributed by atoms with Crippen molar-refractivity contribution in [3.8, 4) is 0 Å². The first-order chi connectivity index (χ1) is 12.9. The van der Waals surface area contributed by atoms with Crippen LogP contribution in [0.25, 0.3) is 0 Å². The van der Waals surface area contributed by atoms with E-state index in [-0.39, 0.29) is 51.1 Å². The van der Waals surface area contributed by atoms with E-state index in [9.17, 15) is 9.59 Å². The van der Waals surface area contributed by atoms with Gasteiger partial charge in [-0.05, 0) is 43.9 Å². The van der Waals surface area contributed by atoms with Crippen molar-refractivity contribution in [2.24, 2.45) is 0 Å². The molecule has 7 heteroatoms. The van der Waals surface area contributed by atoms with Crippen molar-refractivity contribution < 1.29 is 19.8 Å². The topological polar surface area (TPSA) is 93.1 Å². The number of carbonyl (C=O) groups excluding carboxylic acids is 2. The van der Waals surface area contributed by atoms with Crippen molar-refractivity contribution in [1.82, 2.24) is 9.80 Å². The molecular weight excluding hydrogens is 346 g/mol. The molecule has 0 spiro atoms. The van der Waals surface area contributed by atoms with Crippen LogP contribution in [0.2, 0.25) is 0 Å². The molecule has 27 heavy (non-hydrogen) atoms. The van der Waals surface area contributed by atoms with Crippen LogP contribution in [0.1, 0.15) is 30.4 Å². The van der Waals surface area contributed by atoms with Gasteiger partial charge in [0, 0.05) is 37.8 Å². The molecule has 1 saturated carbocycles. The Morgan fingerprint density at radius 1 is 1.11 bits per heavy atom. The largest absolute Gasteiger partial charge is 0.395 e. The summed E-state index contributed by atoms with van der Waals surface area (Å²) in [5.74, 6) is -0.190. The number of aryl methyl sites for hydroxylation is 2. The van der Waals surface area contributed by atoms with E-state index in [1.165, 1.54) is 4.90 Å². The number of anilines is 1. The molecule has 1 aliphatic carbocycles. The number of hydrogen-bond donors (Lipinski definition) is 3. The van der Waals surface area contributed by atoms with Crippen LogP contribution < -0.4 is 5.32 Å². The van der Waals surface area contributed by atoms with Gasteiger partial charge in [-0.1, -0.05) is 12.1 Å². The van der Waals surface area contributed by atoms with Gasteiger partial charge in [0.1, 0.15) is 0 Å². The number of aliphatic hydroxyl groups is 2. The van der Waals surface area contributed by atoms with Gasteiger partial charge in [0.05, 0.1) is 19.8 Å². The number of aliphatic hydroxyl groups excluding tert-OH is 2. The van der Waals surface area contributed by atoms with Gasteiger partial charge < -0.3 is 20.4 Å². The summed E-state index contributed by atoms with van der Waals surface area (Å²) >= 11 is 0. The molecule has 2 rings (SSSR count). The van der Waals surface area contributed by atoms with E-state index in [2.05, 4.69) is 10.2 Å². The third-order valence-corrected chi connectivity index (χ3v) is 4.78. The normalized spacial score (nSPS) is 13.7. The van der Waals surface area contributed by atoms with E-state index in [0.717, 1.165) is 29.7 Å². The maximum absolute atomic E-state index is 12.5. The number of rotatable bonds is 11. The number of nitrogens with zero attached hydrogens (tertiary/aromatic N) is 2. The summed E-state index contributed by atoms with van der Waals surface area (Å²) in [4.78, 5) is 28.3. The average molecular weight is 377 g/mol. The second-order valence-corrected chi connectivity index (χ2v) is 7.15. The van der Waals surface area contributed by atoms with Crippen LogP contribution in [-0.2, 0) is 9.59 Å². The summed E-state index contributed by atoms with van der Waals surface area (Å²) < 4.78 is 0. The van der Waals surface area contributed by atoms with Gasteiger partial charge in [0.15, 0.2) is 0 Å². The maximum atomic E-state index is 12.5. The first kappa shape index (κ1) is 21.3. The summed E-state index contributed by atoms with van der Waals surface area (Å²) in [5, 5.41) is 21.1. The van der Waals surface area contributed by atoms with Crippen LogP contribution in [0.4, 0.5) is 5.69 Å². The minimum absolute atomic E-state index is 0.0781. The van der Waals surface area contributed by atoms with Gasteiger partial charge in [0.25, 0.3) is 0 Å². The molecule has 0 aromatic heterocycles. The van der Waals surface area contributed by atoms with Crippen LogP contribution in [0.3, 0.4) is 0 Å². The van der Waals surface area contributed by atoms with Crippen LogP contribution in [0.5, 0.6) is 0 Å². The average Bonchev–Trinajstić information content (AvgIpc) is 3.46. The molecule has 1 aromatic rings. The minimum Gasteiger partial charge on any atom is -0.395 e. The molecule has 1 aromatic carbocycles. The predicted octanol–water partition coefficient (Wildman–Crippen LogP) is 0.910. The number of hydrogen-bond acceptors (Lipinski definition) is 5. The Labute approximate surface area is 161 Å². The summed E-state index contributed by atoms with van der Waals surface area (Å²) in [6.07, 6.45) is 2.36. The van der Waals surface area contributed by atoms with Crippen LogP contribution in [0, 0.1) is 13.8 Å². The molecular formula is C20H31N3O4. The number of amides is 2. The monoisotopic (exact) mass is 377 g/mol. The third kappa shape index (κ3) is 6.93. The molecule has 0 bridgehead atoms. The van der Waals surface area contributed by atoms with Gasteiger partial charge in [-0.3, -0.25) is 14.5 Å². The zero-order valence-corrected chi connectivity index (χ0v) is 16.3. The molecule has 2 amide bonds. The van der Waals surface area contributed by atoms with E-state index in [4.69, 9.17) is 10.2 Å². The van der Waals surface area contributed by atoms with Crippen molar-refractivity contribution in [1.29, 1.82) is 0 Å². The summed E-state index contributed by atoms with van der Waals surface area (Å²) in [6.45, 7) is 4.88. The van der Waals surface area contributed by atoms with Crippen LogP contribution in [-0.4, -0.2) is 77.3 Å². The summed E-state index contributed by atoms with van der Waals surface area (Å²) in [7, 11) is 0. The number of carbonyl (C=O) groups is 2. The van der Waals surface area contributed by atoms with Gasteiger partial charge in [-0.25, -0.2) is 0 Å². The molecule has 0 aliphatic heterocycles. The lowest BCUT2D eigenvalue weighted by molar-refractivity contribution is -0.133. The molecule has 150 valence electrons. The van der Waals surface area contributed by atoms with E-state index < -0.39 is 0 Å². The van der Waals surface area contributed by atoms with Crippen molar-refractivity contribution in [3.63, 3.8) is 0 Å². The molecule has 1 fully saturated rings. The highest BCUT2D eigenvalue weighted by Gasteiger charge is 2.30. The molecule has 7 nitrogen and oxygen atoms in total. The van der Waals surface area contributed by atoms with E-state index in [1.54, 1.807) is 0 Å². The van der Waals surface area contributed by atoms with Crippen LogP contribution in [0.15, 0.2) is 18.2 Å². The Bertz CT molecular complexity index is 640. The van der Waals surface area contributed by atoms with Crippen LogP contribution >= 0.6 is 0 Å². The minimum atomic E-state index is -0.129. The Kier molecular flexibility index (Phi) is 8.22. The molecule has 0 heterocycles. The highest BCUT2D eigenvalue weighted by Crippen LogP contribution is 2.27. The molecule has 0 unspecified atom stereocenters. The first-order valence-electron chi connectivity index (χ1n) is 9.55.